The van der Waals surface area contributed by atoms with Crippen molar-refractivity contribution >= 4 is 32.8 Å². The molecule has 0 amide bonds. The predicted molar refractivity (Wildman–Crippen MR) is 62.0 cm³/mol. The third kappa shape index (κ3) is 1.65. The molecule has 4 heteroatoms. The molecule has 0 saturated heterocycles. The molecule has 0 fully saturated rings. The van der Waals surface area contributed by atoms with Crippen LogP contribution in [0, 0.1) is 0 Å². The number of nitrogens with zero attached hydrogens (tertiary/aromatic N) is 1. The van der Waals surface area contributed by atoms with Crippen molar-refractivity contribution in [2.45, 2.75) is 0 Å². The zero-order chi connectivity index (χ0) is 11.0. The highest BCUT2D eigenvalue weighted by Crippen LogP contribution is 2.26. The number of carbonyl (C=O) groups excluding carboxylic acids is 1. The molecule has 0 atom stereocenters. The Kier molecular flexibility index (Phi) is 2.52. The number of hydrogen-bond donors (Lipinski definition) is 0. The molecule has 1 heterocycles. The first-order chi connectivity index (χ1) is 7.13. The molecular weight excluding hydrogens is 258 g/mol. The van der Waals surface area contributed by atoms with Gasteiger partial charge in [-0.15, -0.1) is 0 Å². The van der Waals surface area contributed by atoms with E-state index in [2.05, 4.69) is 20.7 Å². The predicted octanol–water partition coefficient (Wildman–Crippen LogP) is 2.73. The van der Waals surface area contributed by atoms with Gasteiger partial charge in [-0.2, -0.15) is 0 Å². The van der Waals surface area contributed by atoms with Crippen molar-refractivity contribution in [2.24, 2.45) is 7.05 Å². The van der Waals surface area contributed by atoms with Gasteiger partial charge in [0.15, 0.2) is 0 Å². The minimum absolute atomic E-state index is 0.311. The second-order valence-electron chi connectivity index (χ2n) is 3.31. The first-order valence-electron chi connectivity index (χ1n) is 4.46. The molecule has 2 rings (SSSR count). The van der Waals surface area contributed by atoms with Crippen molar-refractivity contribution in [1.82, 2.24) is 4.57 Å². The molecule has 0 aliphatic heterocycles. The van der Waals surface area contributed by atoms with Crippen molar-refractivity contribution in [3.63, 3.8) is 0 Å². The summed E-state index contributed by atoms with van der Waals surface area (Å²) >= 11 is 3.46. The molecule has 0 spiro atoms. The maximum Gasteiger partial charge on any atom is 0.337 e. The van der Waals surface area contributed by atoms with Crippen molar-refractivity contribution in [2.75, 3.05) is 7.11 Å². The van der Waals surface area contributed by atoms with Crippen LogP contribution in [0.3, 0.4) is 0 Å². The Bertz CT molecular complexity index is 531. The van der Waals surface area contributed by atoms with Gasteiger partial charge in [-0.05, 0) is 28.1 Å². The molecule has 0 aliphatic rings. The standard InChI is InChI=1S/C11H10BrNO2/c1-13-6-9(12)8-4-3-7(5-10(8)13)11(14)15-2/h3-6H,1-2H3. The zero-order valence-electron chi connectivity index (χ0n) is 8.45. The Morgan fingerprint density at radius 2 is 2.20 bits per heavy atom. The number of hydrogen-bond acceptors (Lipinski definition) is 2. The van der Waals surface area contributed by atoms with Crippen LogP contribution in [0.2, 0.25) is 0 Å². The number of halogens is 1. The Balaban J connectivity index is 2.65. The lowest BCUT2D eigenvalue weighted by molar-refractivity contribution is 0.0601. The molecule has 0 bridgehead atoms. The summed E-state index contributed by atoms with van der Waals surface area (Å²) in [5.74, 6) is -0.311. The topological polar surface area (TPSA) is 31.2 Å². The summed E-state index contributed by atoms with van der Waals surface area (Å²) in [5.41, 5.74) is 1.57. The van der Waals surface area contributed by atoms with Crippen LogP contribution in [-0.4, -0.2) is 17.6 Å². The van der Waals surface area contributed by atoms with E-state index in [4.69, 9.17) is 0 Å². The number of benzene rings is 1. The highest BCUT2D eigenvalue weighted by atomic mass is 79.9. The molecular formula is C11H10BrNO2. The van der Waals surface area contributed by atoms with Crippen molar-refractivity contribution in [3.8, 4) is 0 Å². The van der Waals surface area contributed by atoms with Gasteiger partial charge in [0.25, 0.3) is 0 Å². The van der Waals surface area contributed by atoms with Crippen LogP contribution in [0.25, 0.3) is 10.9 Å². The van der Waals surface area contributed by atoms with E-state index >= 15 is 0 Å². The van der Waals surface area contributed by atoms with Crippen LogP contribution in [0.15, 0.2) is 28.9 Å². The highest BCUT2D eigenvalue weighted by Gasteiger charge is 2.09. The third-order valence-corrected chi connectivity index (χ3v) is 3.00. The van der Waals surface area contributed by atoms with E-state index < -0.39 is 0 Å². The van der Waals surface area contributed by atoms with E-state index in [1.807, 2.05) is 29.9 Å². The van der Waals surface area contributed by atoms with Crippen LogP contribution >= 0.6 is 15.9 Å². The first-order valence-corrected chi connectivity index (χ1v) is 5.25. The lowest BCUT2D eigenvalue weighted by Crippen LogP contribution is -2.00. The Labute approximate surface area is 95.8 Å². The molecule has 15 heavy (non-hydrogen) atoms. The Morgan fingerprint density at radius 3 is 2.87 bits per heavy atom. The minimum atomic E-state index is -0.311. The number of rotatable bonds is 1. The second-order valence-corrected chi connectivity index (χ2v) is 4.17. The van der Waals surface area contributed by atoms with Crippen molar-refractivity contribution in [1.29, 1.82) is 0 Å². The van der Waals surface area contributed by atoms with Crippen LogP contribution in [0.4, 0.5) is 0 Å². The highest BCUT2D eigenvalue weighted by molar-refractivity contribution is 9.10. The zero-order valence-corrected chi connectivity index (χ0v) is 10.0. The molecule has 0 N–H and O–H groups in total. The summed E-state index contributed by atoms with van der Waals surface area (Å²) < 4.78 is 7.66. The average molecular weight is 268 g/mol. The number of carbonyl (C=O) groups is 1. The summed E-state index contributed by atoms with van der Waals surface area (Å²) in [4.78, 5) is 11.3. The van der Waals surface area contributed by atoms with Gasteiger partial charge >= 0.3 is 5.97 Å². The largest absolute Gasteiger partial charge is 0.465 e. The Hall–Kier alpha value is -1.29. The van der Waals surface area contributed by atoms with Gasteiger partial charge in [0.1, 0.15) is 0 Å². The van der Waals surface area contributed by atoms with Crippen LogP contribution < -0.4 is 0 Å². The Morgan fingerprint density at radius 1 is 1.47 bits per heavy atom. The fourth-order valence-corrected chi connectivity index (χ4v) is 2.22. The minimum Gasteiger partial charge on any atom is -0.465 e. The monoisotopic (exact) mass is 267 g/mol. The molecule has 3 nitrogen and oxygen atoms in total. The summed E-state index contributed by atoms with van der Waals surface area (Å²) in [6.07, 6.45) is 1.96. The molecule has 0 unspecified atom stereocenters. The maximum atomic E-state index is 11.3. The quantitative estimate of drug-likeness (QED) is 0.744. The van der Waals surface area contributed by atoms with Crippen LogP contribution in [0.1, 0.15) is 10.4 Å². The number of fused-ring (bicyclic) bond motifs is 1. The normalized spacial score (nSPS) is 10.6. The second kappa shape index (κ2) is 3.70. The summed E-state index contributed by atoms with van der Waals surface area (Å²) in [6.45, 7) is 0. The lowest BCUT2D eigenvalue weighted by atomic mass is 10.1. The van der Waals surface area contributed by atoms with Crippen molar-refractivity contribution in [3.05, 3.63) is 34.4 Å². The van der Waals surface area contributed by atoms with Gasteiger partial charge in [0.05, 0.1) is 12.7 Å². The summed E-state index contributed by atoms with van der Waals surface area (Å²) in [7, 11) is 3.32. The van der Waals surface area contributed by atoms with E-state index in [9.17, 15) is 4.79 Å². The van der Waals surface area contributed by atoms with Crippen LogP contribution in [0.5, 0.6) is 0 Å². The first kappa shape index (κ1) is 10.2. The SMILES string of the molecule is COC(=O)c1ccc2c(Br)cn(C)c2c1. The van der Waals surface area contributed by atoms with Gasteiger partial charge in [0.2, 0.25) is 0 Å². The summed E-state index contributed by atoms with van der Waals surface area (Å²) in [5, 5.41) is 1.09. The van der Waals surface area contributed by atoms with Gasteiger partial charge in [-0.1, -0.05) is 6.07 Å². The van der Waals surface area contributed by atoms with E-state index in [0.29, 0.717) is 5.56 Å². The van der Waals surface area contributed by atoms with Gasteiger partial charge in [0, 0.05) is 28.6 Å². The van der Waals surface area contributed by atoms with E-state index in [0.717, 1.165) is 15.4 Å². The smallest absolute Gasteiger partial charge is 0.337 e. The molecule has 78 valence electrons. The average Bonchev–Trinajstić information content (AvgIpc) is 2.53. The van der Waals surface area contributed by atoms with E-state index in [1.165, 1.54) is 7.11 Å². The summed E-state index contributed by atoms with van der Waals surface area (Å²) in [6, 6.07) is 5.50. The van der Waals surface area contributed by atoms with Crippen molar-refractivity contribution < 1.29 is 9.53 Å². The number of methoxy groups -OCH3 is 1. The van der Waals surface area contributed by atoms with E-state index in [1.54, 1.807) is 6.07 Å². The fourth-order valence-electron chi connectivity index (χ4n) is 1.58. The number of ether oxygens (including phenoxy) is 1. The molecule has 2 aromatic rings. The molecule has 1 aromatic heterocycles. The molecule has 0 saturated carbocycles. The van der Waals surface area contributed by atoms with Gasteiger partial charge < -0.3 is 9.30 Å². The van der Waals surface area contributed by atoms with E-state index in [-0.39, 0.29) is 5.97 Å². The molecule has 0 radical (unpaired) electrons. The number of aryl methyl sites for hydroxylation is 1. The van der Waals surface area contributed by atoms with Gasteiger partial charge in [-0.3, -0.25) is 0 Å². The van der Waals surface area contributed by atoms with Gasteiger partial charge in [-0.25, -0.2) is 4.79 Å². The number of aromatic nitrogens is 1. The number of esters is 1. The fraction of sp³-hybridized carbons (Fsp3) is 0.182. The molecule has 1 aromatic carbocycles. The lowest BCUT2D eigenvalue weighted by Gasteiger charge is -2.00. The molecule has 0 aliphatic carbocycles. The maximum absolute atomic E-state index is 11.3. The van der Waals surface area contributed by atoms with Crippen LogP contribution in [-0.2, 0) is 11.8 Å². The third-order valence-electron chi connectivity index (χ3n) is 2.36.